The average Bonchev–Trinajstić information content (AvgIpc) is 2.76. The van der Waals surface area contributed by atoms with Gasteiger partial charge < -0.3 is 15.5 Å². The predicted molar refractivity (Wildman–Crippen MR) is 63.8 cm³/mol. The van der Waals surface area contributed by atoms with Gasteiger partial charge in [0.05, 0.1) is 5.56 Å². The summed E-state index contributed by atoms with van der Waals surface area (Å²) in [7, 11) is 0. The van der Waals surface area contributed by atoms with Crippen LogP contribution in [0.3, 0.4) is 0 Å². The van der Waals surface area contributed by atoms with Gasteiger partial charge in [0.25, 0.3) is 5.91 Å². The van der Waals surface area contributed by atoms with Gasteiger partial charge >= 0.3 is 0 Å². The van der Waals surface area contributed by atoms with Crippen molar-refractivity contribution in [2.24, 2.45) is 5.92 Å². The van der Waals surface area contributed by atoms with Crippen molar-refractivity contribution in [1.82, 2.24) is 5.32 Å². The van der Waals surface area contributed by atoms with Crippen LogP contribution in [0.4, 0.5) is 0 Å². The lowest BCUT2D eigenvalue weighted by Gasteiger charge is -2.19. The van der Waals surface area contributed by atoms with E-state index >= 15 is 0 Å². The summed E-state index contributed by atoms with van der Waals surface area (Å²) in [4.78, 5) is 11.9. The molecule has 2 atom stereocenters. The molecule has 1 aromatic rings. The van der Waals surface area contributed by atoms with E-state index < -0.39 is 0 Å². The van der Waals surface area contributed by atoms with Crippen LogP contribution in [0.1, 0.15) is 29.6 Å². The quantitative estimate of drug-likeness (QED) is 0.739. The van der Waals surface area contributed by atoms with Crippen molar-refractivity contribution >= 4 is 5.91 Å². The van der Waals surface area contributed by atoms with E-state index in [4.69, 9.17) is 0 Å². The first kappa shape index (κ1) is 11.9. The molecule has 1 aromatic carbocycles. The first-order valence-electron chi connectivity index (χ1n) is 5.92. The molecular weight excluding hydrogens is 218 g/mol. The summed E-state index contributed by atoms with van der Waals surface area (Å²) in [5.41, 5.74) is 0.288. The molecule has 0 spiro atoms. The van der Waals surface area contributed by atoms with Crippen LogP contribution in [0.2, 0.25) is 0 Å². The highest BCUT2D eigenvalue weighted by Crippen LogP contribution is 2.26. The van der Waals surface area contributed by atoms with Gasteiger partial charge in [-0.1, -0.05) is 18.6 Å². The molecule has 4 heteroatoms. The van der Waals surface area contributed by atoms with Crippen molar-refractivity contribution < 1.29 is 15.0 Å². The van der Waals surface area contributed by atoms with Crippen molar-refractivity contribution in [1.29, 1.82) is 0 Å². The highest BCUT2D eigenvalue weighted by Gasteiger charge is 2.28. The van der Waals surface area contributed by atoms with Gasteiger partial charge in [0.15, 0.2) is 0 Å². The highest BCUT2D eigenvalue weighted by molar-refractivity contribution is 5.96. The maximum absolute atomic E-state index is 11.9. The van der Waals surface area contributed by atoms with Gasteiger partial charge in [-0.25, -0.2) is 0 Å². The van der Waals surface area contributed by atoms with E-state index in [9.17, 15) is 15.0 Å². The Bertz CT molecular complexity index is 405. The molecule has 0 radical (unpaired) electrons. The molecule has 1 fully saturated rings. The highest BCUT2D eigenvalue weighted by atomic mass is 16.3. The van der Waals surface area contributed by atoms with E-state index in [1.165, 1.54) is 6.07 Å². The number of aromatic hydroxyl groups is 1. The fraction of sp³-hybridized carbons (Fsp3) is 0.462. The Labute approximate surface area is 100 Å². The Morgan fingerprint density at radius 1 is 1.35 bits per heavy atom. The summed E-state index contributed by atoms with van der Waals surface area (Å²) >= 11 is 0. The van der Waals surface area contributed by atoms with Crippen LogP contribution in [0.25, 0.3) is 0 Å². The normalized spacial score (nSPS) is 23.6. The first-order chi connectivity index (χ1) is 8.22. The number of aliphatic hydroxyl groups is 1. The van der Waals surface area contributed by atoms with Gasteiger partial charge in [-0.05, 0) is 25.0 Å². The summed E-state index contributed by atoms with van der Waals surface area (Å²) < 4.78 is 0. The first-order valence-corrected chi connectivity index (χ1v) is 5.92. The largest absolute Gasteiger partial charge is 0.507 e. The smallest absolute Gasteiger partial charge is 0.255 e. The van der Waals surface area contributed by atoms with Crippen LogP contribution in [0.5, 0.6) is 5.75 Å². The number of hydrogen-bond acceptors (Lipinski definition) is 3. The molecule has 2 unspecified atom stereocenters. The van der Waals surface area contributed by atoms with Gasteiger partial charge in [-0.2, -0.15) is 0 Å². The second-order valence-electron chi connectivity index (χ2n) is 4.47. The number of nitrogens with one attached hydrogen (secondary N) is 1. The van der Waals surface area contributed by atoms with Crippen LogP contribution in [-0.2, 0) is 0 Å². The molecule has 1 saturated carbocycles. The number of aliphatic hydroxyl groups excluding tert-OH is 1. The van der Waals surface area contributed by atoms with E-state index in [-0.39, 0.29) is 35.8 Å². The zero-order valence-corrected chi connectivity index (χ0v) is 9.60. The van der Waals surface area contributed by atoms with Gasteiger partial charge in [-0.15, -0.1) is 0 Å². The summed E-state index contributed by atoms with van der Waals surface area (Å²) in [6.45, 7) is 0.103. The third kappa shape index (κ3) is 2.58. The molecule has 92 valence electrons. The minimum absolute atomic E-state index is 0.0106. The fourth-order valence-corrected chi connectivity index (χ4v) is 2.36. The predicted octanol–water partition coefficient (Wildman–Crippen LogP) is 1.28. The number of hydrogen-bond donors (Lipinski definition) is 3. The zero-order chi connectivity index (χ0) is 12.3. The standard InChI is InChI=1S/C13H17NO3/c15-8-9-4-3-6-11(9)14-13(17)10-5-1-2-7-12(10)16/h1-2,5,7,9,11,15-16H,3-4,6,8H2,(H,14,17). The van der Waals surface area contributed by atoms with Crippen molar-refractivity contribution in [2.75, 3.05) is 6.61 Å². The second kappa shape index (κ2) is 5.19. The van der Waals surface area contributed by atoms with E-state index in [0.29, 0.717) is 0 Å². The van der Waals surface area contributed by atoms with Crippen LogP contribution in [0.15, 0.2) is 24.3 Å². The molecule has 1 amide bonds. The number of carbonyl (C=O) groups excluding carboxylic acids is 1. The molecule has 4 nitrogen and oxygen atoms in total. The third-order valence-corrected chi connectivity index (χ3v) is 3.36. The molecular formula is C13H17NO3. The topological polar surface area (TPSA) is 69.6 Å². The van der Waals surface area contributed by atoms with E-state index in [1.54, 1.807) is 18.2 Å². The number of rotatable bonds is 3. The third-order valence-electron chi connectivity index (χ3n) is 3.36. The Morgan fingerprint density at radius 3 is 2.82 bits per heavy atom. The van der Waals surface area contributed by atoms with E-state index in [2.05, 4.69) is 5.32 Å². The SMILES string of the molecule is O=C(NC1CCCC1CO)c1ccccc1O. The number of carbonyl (C=O) groups is 1. The van der Waals surface area contributed by atoms with Crippen molar-refractivity contribution in [3.63, 3.8) is 0 Å². The molecule has 0 bridgehead atoms. The molecule has 1 aliphatic carbocycles. The summed E-state index contributed by atoms with van der Waals surface area (Å²) in [6.07, 6.45) is 2.86. The van der Waals surface area contributed by atoms with Gasteiger partial charge in [0.1, 0.15) is 5.75 Å². The molecule has 0 aliphatic heterocycles. The van der Waals surface area contributed by atoms with Gasteiger partial charge in [0.2, 0.25) is 0 Å². The Morgan fingerprint density at radius 2 is 2.12 bits per heavy atom. The fourth-order valence-electron chi connectivity index (χ4n) is 2.36. The molecule has 0 aromatic heterocycles. The number of amides is 1. The maximum atomic E-state index is 11.9. The van der Waals surface area contributed by atoms with Crippen LogP contribution < -0.4 is 5.32 Å². The second-order valence-corrected chi connectivity index (χ2v) is 4.47. The molecule has 0 saturated heterocycles. The number of para-hydroxylation sites is 1. The lowest BCUT2D eigenvalue weighted by molar-refractivity contribution is 0.0913. The minimum Gasteiger partial charge on any atom is -0.507 e. The number of phenolic OH excluding ortho intramolecular Hbond substituents is 1. The van der Waals surface area contributed by atoms with Gasteiger partial charge in [0, 0.05) is 18.6 Å². The van der Waals surface area contributed by atoms with Crippen molar-refractivity contribution in [3.8, 4) is 5.75 Å². The molecule has 2 rings (SSSR count). The number of benzene rings is 1. The molecule has 0 heterocycles. The van der Waals surface area contributed by atoms with Crippen LogP contribution in [-0.4, -0.2) is 28.8 Å². The van der Waals surface area contributed by atoms with E-state index in [0.717, 1.165) is 19.3 Å². The summed E-state index contributed by atoms with van der Waals surface area (Å²) in [5.74, 6) is -0.137. The Balaban J connectivity index is 2.04. The summed E-state index contributed by atoms with van der Waals surface area (Å²) in [6, 6.07) is 6.50. The zero-order valence-electron chi connectivity index (χ0n) is 9.60. The average molecular weight is 235 g/mol. The van der Waals surface area contributed by atoms with Crippen LogP contribution in [0, 0.1) is 5.92 Å². The lowest BCUT2D eigenvalue weighted by Crippen LogP contribution is -2.38. The number of phenols is 1. The minimum atomic E-state index is -0.270. The summed E-state index contributed by atoms with van der Waals surface area (Å²) in [5, 5.41) is 21.6. The van der Waals surface area contributed by atoms with Gasteiger partial charge in [-0.3, -0.25) is 4.79 Å². The van der Waals surface area contributed by atoms with Crippen molar-refractivity contribution in [3.05, 3.63) is 29.8 Å². The molecule has 3 N–H and O–H groups in total. The Hall–Kier alpha value is -1.55. The molecule has 1 aliphatic rings. The Kier molecular flexibility index (Phi) is 3.64. The monoisotopic (exact) mass is 235 g/mol. The van der Waals surface area contributed by atoms with E-state index in [1.807, 2.05) is 0 Å². The maximum Gasteiger partial charge on any atom is 0.255 e. The van der Waals surface area contributed by atoms with Crippen molar-refractivity contribution in [2.45, 2.75) is 25.3 Å². The molecule has 17 heavy (non-hydrogen) atoms. The lowest BCUT2D eigenvalue weighted by atomic mass is 10.0. The van der Waals surface area contributed by atoms with Crippen LogP contribution >= 0.6 is 0 Å².